The van der Waals surface area contributed by atoms with Crippen LogP contribution >= 0.6 is 0 Å². The number of hydrogen-bond donors (Lipinski definition) is 0. The van der Waals surface area contributed by atoms with Crippen molar-refractivity contribution in [2.45, 2.75) is 0 Å². The summed E-state index contributed by atoms with van der Waals surface area (Å²) in [5.74, 6) is 0. The molecule has 1 nitrogen and oxygen atoms in total. The molecule has 0 fully saturated rings. The minimum Gasteiger partial charge on any atom is -0.456 e. The van der Waals surface area contributed by atoms with Crippen LogP contribution in [-0.2, 0) is 0 Å². The lowest BCUT2D eigenvalue weighted by Gasteiger charge is -2.19. The fraction of sp³-hybridized carbons (Fsp3) is 0. The summed E-state index contributed by atoms with van der Waals surface area (Å²) in [7, 11) is 0. The number of benzene rings is 12. The van der Waals surface area contributed by atoms with Gasteiger partial charge in [-0.1, -0.05) is 182 Å². The van der Waals surface area contributed by atoms with E-state index in [1.165, 1.54) is 120 Å². The average Bonchev–Trinajstić information content (AvgIpc) is 3.70. The van der Waals surface area contributed by atoms with Gasteiger partial charge in [0.1, 0.15) is 11.2 Å². The van der Waals surface area contributed by atoms with Gasteiger partial charge in [0.15, 0.2) is 0 Å². The summed E-state index contributed by atoms with van der Waals surface area (Å²) in [6.07, 6.45) is 0. The molecule has 1 aromatic heterocycles. The second-order valence-electron chi connectivity index (χ2n) is 15.9. The first-order valence-corrected chi connectivity index (χ1v) is 20.4. The van der Waals surface area contributed by atoms with E-state index >= 15 is 0 Å². The van der Waals surface area contributed by atoms with Gasteiger partial charge in [0.25, 0.3) is 0 Å². The summed E-state index contributed by atoms with van der Waals surface area (Å²) in [5.41, 5.74) is 9.10. The molecule has 0 unspecified atom stereocenters. The molecule has 0 bridgehead atoms. The number of hydrogen-bond acceptors (Lipinski definition) is 1. The Morgan fingerprint density at radius 3 is 1.37 bits per heavy atom. The summed E-state index contributed by atoms with van der Waals surface area (Å²) in [6, 6.07) is 75.8. The van der Waals surface area contributed by atoms with Crippen molar-refractivity contribution >= 4 is 97.3 Å². The maximum Gasteiger partial charge on any atom is 0.136 e. The van der Waals surface area contributed by atoms with Crippen molar-refractivity contribution in [1.29, 1.82) is 0 Å². The second-order valence-corrected chi connectivity index (χ2v) is 15.9. The van der Waals surface area contributed by atoms with Gasteiger partial charge >= 0.3 is 0 Å². The van der Waals surface area contributed by atoms with Crippen molar-refractivity contribution in [1.82, 2.24) is 0 Å². The van der Waals surface area contributed by atoms with Crippen LogP contribution in [-0.4, -0.2) is 0 Å². The third-order valence-electron chi connectivity index (χ3n) is 12.8. The summed E-state index contributed by atoms with van der Waals surface area (Å²) >= 11 is 0. The zero-order valence-electron chi connectivity index (χ0n) is 32.0. The van der Waals surface area contributed by atoms with Crippen molar-refractivity contribution in [3.63, 3.8) is 0 Å². The normalized spacial score (nSPS) is 12.1. The van der Waals surface area contributed by atoms with E-state index in [-0.39, 0.29) is 0 Å². The van der Waals surface area contributed by atoms with Gasteiger partial charge < -0.3 is 4.42 Å². The monoisotopic (exact) mass is 746 g/mol. The highest BCUT2D eigenvalue weighted by atomic mass is 16.3. The fourth-order valence-electron chi connectivity index (χ4n) is 10.3. The van der Waals surface area contributed by atoms with Gasteiger partial charge in [0.05, 0.1) is 0 Å². The molecule has 0 aliphatic rings. The highest BCUT2D eigenvalue weighted by Crippen LogP contribution is 2.49. The van der Waals surface area contributed by atoms with E-state index < -0.39 is 0 Å². The van der Waals surface area contributed by atoms with Crippen LogP contribution in [0, 0.1) is 0 Å². The first kappa shape index (κ1) is 32.4. The molecule has 1 heteroatoms. The van der Waals surface area contributed by atoms with Gasteiger partial charge in [0, 0.05) is 10.8 Å². The molecule has 59 heavy (non-hydrogen) atoms. The summed E-state index contributed by atoms with van der Waals surface area (Å²) in [5, 5.41) is 19.9. The van der Waals surface area contributed by atoms with E-state index in [1.807, 2.05) is 0 Å². The molecule has 0 aliphatic carbocycles. The van der Waals surface area contributed by atoms with E-state index in [0.717, 1.165) is 11.2 Å². The van der Waals surface area contributed by atoms with Crippen LogP contribution in [0.2, 0.25) is 0 Å². The maximum absolute atomic E-state index is 6.77. The van der Waals surface area contributed by atoms with E-state index in [4.69, 9.17) is 4.42 Å². The van der Waals surface area contributed by atoms with Crippen molar-refractivity contribution < 1.29 is 4.42 Å². The van der Waals surface area contributed by atoms with Crippen LogP contribution in [0.25, 0.3) is 131 Å². The predicted octanol–water partition coefficient (Wildman–Crippen LogP) is 16.7. The lowest BCUT2D eigenvalue weighted by molar-refractivity contribution is 0.669. The fourth-order valence-corrected chi connectivity index (χ4v) is 10.3. The number of rotatable bonds is 3. The Morgan fingerprint density at radius 1 is 0.237 bits per heavy atom. The van der Waals surface area contributed by atoms with Crippen LogP contribution in [0.3, 0.4) is 0 Å². The SMILES string of the molecule is c1cc(-c2ccc3c4ccccc4c4ccccc4c3c2)cc(-c2c3ccccc3c(-c3cc4oc5ccc6ccccc6c5c4c4ccccc34)c3ccccc23)c1. The highest BCUT2D eigenvalue weighted by molar-refractivity contribution is 6.31. The Morgan fingerprint density at radius 2 is 0.712 bits per heavy atom. The molecule has 0 saturated carbocycles. The van der Waals surface area contributed by atoms with Gasteiger partial charge in [-0.25, -0.2) is 0 Å². The maximum atomic E-state index is 6.77. The molecule has 13 rings (SSSR count). The molecule has 0 radical (unpaired) electrons. The lowest BCUT2D eigenvalue weighted by Crippen LogP contribution is -1.92. The van der Waals surface area contributed by atoms with Gasteiger partial charge in [-0.3, -0.25) is 0 Å². The standard InChI is InChI=1S/C58H34O/c1-2-17-39-35(14-1)29-31-53-57(39)58-46-23-8-7-22-44(46)52(34-54(58)59-53)56-49-26-11-9-24-47(49)55(48-25-10-12-27-50(48)56)38-16-13-15-36(32-38)37-28-30-45-42-20-4-3-18-40(42)41-19-5-6-21-43(41)51(45)33-37/h1-34H. The first-order chi connectivity index (χ1) is 29.3. The van der Waals surface area contributed by atoms with E-state index in [9.17, 15) is 0 Å². The minimum absolute atomic E-state index is 0.908. The topological polar surface area (TPSA) is 13.1 Å². The van der Waals surface area contributed by atoms with Crippen LogP contribution in [0.15, 0.2) is 211 Å². The van der Waals surface area contributed by atoms with Gasteiger partial charge in [-0.05, 0) is 133 Å². The van der Waals surface area contributed by atoms with Crippen molar-refractivity contribution in [3.8, 4) is 33.4 Å². The van der Waals surface area contributed by atoms with Gasteiger partial charge in [-0.2, -0.15) is 0 Å². The zero-order chi connectivity index (χ0) is 38.6. The molecule has 0 saturated heterocycles. The highest BCUT2D eigenvalue weighted by Gasteiger charge is 2.22. The quantitative estimate of drug-likeness (QED) is 0.130. The third-order valence-corrected chi connectivity index (χ3v) is 12.8. The summed E-state index contributed by atoms with van der Waals surface area (Å²) < 4.78 is 6.77. The Kier molecular flexibility index (Phi) is 6.79. The molecule has 0 N–H and O–H groups in total. The second kappa shape index (κ2) is 12.4. The largest absolute Gasteiger partial charge is 0.456 e. The van der Waals surface area contributed by atoms with E-state index in [0.29, 0.717) is 0 Å². The van der Waals surface area contributed by atoms with Gasteiger partial charge in [-0.15, -0.1) is 0 Å². The Hall–Kier alpha value is -7.74. The Balaban J connectivity index is 1.06. The molecule has 1 heterocycles. The van der Waals surface area contributed by atoms with Gasteiger partial charge in [0.2, 0.25) is 0 Å². The molecule has 272 valence electrons. The summed E-state index contributed by atoms with van der Waals surface area (Å²) in [6.45, 7) is 0. The lowest BCUT2D eigenvalue weighted by atomic mass is 9.83. The van der Waals surface area contributed by atoms with E-state index in [1.54, 1.807) is 0 Å². The smallest absolute Gasteiger partial charge is 0.136 e. The summed E-state index contributed by atoms with van der Waals surface area (Å²) in [4.78, 5) is 0. The predicted molar refractivity (Wildman–Crippen MR) is 253 cm³/mol. The van der Waals surface area contributed by atoms with Crippen LogP contribution in [0.5, 0.6) is 0 Å². The molecule has 0 aliphatic heterocycles. The molecule has 0 spiro atoms. The number of furan rings is 1. The van der Waals surface area contributed by atoms with Crippen LogP contribution in [0.4, 0.5) is 0 Å². The van der Waals surface area contributed by atoms with Crippen molar-refractivity contribution in [2.75, 3.05) is 0 Å². The van der Waals surface area contributed by atoms with Crippen LogP contribution in [0.1, 0.15) is 0 Å². The Labute approximate surface area is 340 Å². The van der Waals surface area contributed by atoms with Crippen LogP contribution < -0.4 is 0 Å². The molecule has 12 aromatic carbocycles. The molecule has 13 aromatic rings. The molecular weight excluding hydrogens is 713 g/mol. The first-order valence-electron chi connectivity index (χ1n) is 20.4. The molecule has 0 atom stereocenters. The average molecular weight is 747 g/mol. The van der Waals surface area contributed by atoms with E-state index in [2.05, 4.69) is 206 Å². The number of fused-ring (bicyclic) bond motifs is 15. The van der Waals surface area contributed by atoms with Crippen molar-refractivity contribution in [3.05, 3.63) is 206 Å². The molecule has 0 amide bonds. The third kappa shape index (κ3) is 4.67. The minimum atomic E-state index is 0.908. The molecular formula is C58H34O. The van der Waals surface area contributed by atoms with Crippen molar-refractivity contribution in [2.24, 2.45) is 0 Å². The Bertz CT molecular complexity index is 3810. The zero-order valence-corrected chi connectivity index (χ0v) is 32.0.